The van der Waals surface area contributed by atoms with Crippen molar-refractivity contribution in [3.8, 4) is 0 Å². The van der Waals surface area contributed by atoms with Gasteiger partial charge in [0.1, 0.15) is 11.7 Å². The molecule has 1 aliphatic carbocycles. The van der Waals surface area contributed by atoms with Crippen molar-refractivity contribution in [1.29, 1.82) is 0 Å². The highest BCUT2D eigenvalue weighted by molar-refractivity contribution is 5.85. The predicted octanol–water partition coefficient (Wildman–Crippen LogP) is 2.55. The number of amides is 1. The molecular weight excluding hydrogens is 307 g/mol. The molecule has 0 radical (unpaired) electrons. The van der Waals surface area contributed by atoms with E-state index in [-0.39, 0.29) is 17.7 Å². The van der Waals surface area contributed by atoms with E-state index in [1.165, 1.54) is 6.08 Å². The predicted molar refractivity (Wildman–Crippen MR) is 91.6 cm³/mol. The first-order chi connectivity index (χ1) is 11.2. The SMILES string of the molecule is Cc1c(C2=CC=C(F)C(C)C2)nc2n1CCN(C(=O)C(C)(C)N)C2. The van der Waals surface area contributed by atoms with Crippen LogP contribution in [0.5, 0.6) is 0 Å². The number of rotatable bonds is 2. The van der Waals surface area contributed by atoms with Gasteiger partial charge in [0.2, 0.25) is 5.91 Å². The first-order valence-electron chi connectivity index (χ1n) is 8.39. The van der Waals surface area contributed by atoms with Gasteiger partial charge in [-0.25, -0.2) is 9.37 Å². The molecule has 1 aromatic heterocycles. The molecule has 2 aliphatic rings. The van der Waals surface area contributed by atoms with Crippen molar-refractivity contribution < 1.29 is 9.18 Å². The van der Waals surface area contributed by atoms with Crippen LogP contribution < -0.4 is 5.73 Å². The van der Waals surface area contributed by atoms with Crippen LogP contribution >= 0.6 is 0 Å². The second-order valence-electron chi connectivity index (χ2n) is 7.41. The number of nitrogens with two attached hydrogens (primary N) is 1. The summed E-state index contributed by atoms with van der Waals surface area (Å²) in [4.78, 5) is 18.9. The van der Waals surface area contributed by atoms with Crippen LogP contribution in [0, 0.1) is 12.8 Å². The molecule has 0 aromatic carbocycles. The van der Waals surface area contributed by atoms with Gasteiger partial charge in [0.05, 0.1) is 17.8 Å². The average Bonchev–Trinajstić information content (AvgIpc) is 2.85. The zero-order chi connectivity index (χ0) is 17.6. The van der Waals surface area contributed by atoms with Crippen molar-refractivity contribution in [1.82, 2.24) is 14.5 Å². The molecule has 3 rings (SSSR count). The molecule has 6 heteroatoms. The highest BCUT2D eigenvalue weighted by atomic mass is 19.1. The Morgan fingerprint density at radius 3 is 2.71 bits per heavy atom. The number of carbonyl (C=O) groups excluding carboxylic acids is 1. The second-order valence-corrected chi connectivity index (χ2v) is 7.41. The Bertz CT molecular complexity index is 739. The van der Waals surface area contributed by atoms with E-state index in [4.69, 9.17) is 10.7 Å². The quantitative estimate of drug-likeness (QED) is 0.905. The molecule has 0 spiro atoms. The lowest BCUT2D eigenvalue weighted by molar-refractivity contribution is -0.137. The topological polar surface area (TPSA) is 64.2 Å². The largest absolute Gasteiger partial charge is 0.332 e. The van der Waals surface area contributed by atoms with Gasteiger partial charge >= 0.3 is 0 Å². The maximum atomic E-state index is 13.6. The third kappa shape index (κ3) is 2.90. The van der Waals surface area contributed by atoms with Gasteiger partial charge in [-0.05, 0) is 38.8 Å². The summed E-state index contributed by atoms with van der Waals surface area (Å²) in [5, 5.41) is 0. The number of imidazole rings is 1. The van der Waals surface area contributed by atoms with Crippen LogP contribution in [0.25, 0.3) is 5.57 Å². The Hall–Kier alpha value is -1.95. The van der Waals surface area contributed by atoms with Gasteiger partial charge in [0, 0.05) is 24.7 Å². The minimum absolute atomic E-state index is 0.0635. The molecule has 5 nitrogen and oxygen atoms in total. The Morgan fingerprint density at radius 2 is 2.08 bits per heavy atom. The van der Waals surface area contributed by atoms with Gasteiger partial charge in [0.25, 0.3) is 0 Å². The van der Waals surface area contributed by atoms with Crippen LogP contribution in [0.1, 0.15) is 44.4 Å². The van der Waals surface area contributed by atoms with E-state index in [1.807, 2.05) is 19.9 Å². The van der Waals surface area contributed by atoms with Gasteiger partial charge in [-0.1, -0.05) is 13.0 Å². The molecule has 0 fully saturated rings. The summed E-state index contributed by atoms with van der Waals surface area (Å²) in [6.07, 6.45) is 4.01. The smallest absolute Gasteiger partial charge is 0.242 e. The lowest BCUT2D eigenvalue weighted by Crippen LogP contribution is -2.53. The van der Waals surface area contributed by atoms with Crippen molar-refractivity contribution >= 4 is 11.5 Å². The number of nitrogens with zero attached hydrogens (tertiary/aromatic N) is 3. The number of allylic oxidation sites excluding steroid dienone is 4. The zero-order valence-electron chi connectivity index (χ0n) is 14.8. The fourth-order valence-electron chi connectivity index (χ4n) is 3.38. The van der Waals surface area contributed by atoms with E-state index >= 15 is 0 Å². The molecule has 1 aromatic rings. The Labute approximate surface area is 142 Å². The summed E-state index contributed by atoms with van der Waals surface area (Å²) >= 11 is 0. The summed E-state index contributed by atoms with van der Waals surface area (Å²) in [6.45, 7) is 9.18. The summed E-state index contributed by atoms with van der Waals surface area (Å²) in [5.74, 6) is 0.614. The summed E-state index contributed by atoms with van der Waals surface area (Å²) in [5.41, 5.74) is 8.12. The molecule has 1 amide bonds. The van der Waals surface area contributed by atoms with Gasteiger partial charge in [-0.15, -0.1) is 0 Å². The van der Waals surface area contributed by atoms with Crippen LogP contribution in [-0.4, -0.2) is 32.4 Å². The molecular formula is C18H25FN4O. The first-order valence-corrected chi connectivity index (χ1v) is 8.39. The molecule has 130 valence electrons. The van der Waals surface area contributed by atoms with E-state index in [1.54, 1.807) is 18.7 Å². The maximum Gasteiger partial charge on any atom is 0.242 e. The monoisotopic (exact) mass is 332 g/mol. The third-order valence-electron chi connectivity index (χ3n) is 4.81. The molecule has 0 bridgehead atoms. The van der Waals surface area contributed by atoms with Gasteiger partial charge < -0.3 is 15.2 Å². The van der Waals surface area contributed by atoms with Gasteiger partial charge in [-0.3, -0.25) is 4.79 Å². The fourth-order valence-corrected chi connectivity index (χ4v) is 3.38. The number of aromatic nitrogens is 2. The Balaban J connectivity index is 1.89. The normalized spacial score (nSPS) is 21.2. The van der Waals surface area contributed by atoms with Crippen molar-refractivity contribution in [2.75, 3.05) is 6.54 Å². The highest BCUT2D eigenvalue weighted by Gasteiger charge is 2.32. The standard InChI is InChI=1S/C18H25FN4O/c1-11-9-13(5-6-14(11)19)16-12(2)23-8-7-22(10-15(23)21-16)17(24)18(3,4)20/h5-6,11H,7-10,20H2,1-4H3. The molecule has 24 heavy (non-hydrogen) atoms. The van der Waals surface area contributed by atoms with Crippen LogP contribution in [-0.2, 0) is 17.9 Å². The van der Waals surface area contributed by atoms with E-state index in [2.05, 4.69) is 4.57 Å². The van der Waals surface area contributed by atoms with Crippen molar-refractivity contribution in [2.45, 2.75) is 52.7 Å². The minimum Gasteiger partial charge on any atom is -0.332 e. The molecule has 1 atom stereocenters. The summed E-state index contributed by atoms with van der Waals surface area (Å²) in [7, 11) is 0. The number of hydrogen-bond donors (Lipinski definition) is 1. The fraction of sp³-hybridized carbons (Fsp3) is 0.556. The molecule has 0 saturated heterocycles. The molecule has 2 heterocycles. The first kappa shape index (κ1) is 16.9. The minimum atomic E-state index is -0.879. The van der Waals surface area contributed by atoms with E-state index < -0.39 is 5.54 Å². The van der Waals surface area contributed by atoms with E-state index in [0.29, 0.717) is 26.1 Å². The third-order valence-corrected chi connectivity index (χ3v) is 4.81. The van der Waals surface area contributed by atoms with Crippen LogP contribution in [0.4, 0.5) is 4.39 Å². The van der Waals surface area contributed by atoms with Crippen molar-refractivity contribution in [3.05, 3.63) is 35.2 Å². The summed E-state index contributed by atoms with van der Waals surface area (Å²) in [6, 6.07) is 0. The maximum absolute atomic E-state index is 13.6. The number of carbonyl (C=O) groups is 1. The molecule has 1 aliphatic heterocycles. The molecule has 0 saturated carbocycles. The van der Waals surface area contributed by atoms with Crippen LogP contribution in [0.2, 0.25) is 0 Å². The van der Waals surface area contributed by atoms with Crippen LogP contribution in [0.3, 0.4) is 0 Å². The van der Waals surface area contributed by atoms with Crippen LogP contribution in [0.15, 0.2) is 18.0 Å². The molecule has 1 unspecified atom stereocenters. The Kier molecular flexibility index (Phi) is 4.11. The summed E-state index contributed by atoms with van der Waals surface area (Å²) < 4.78 is 15.7. The second kappa shape index (κ2) is 5.84. The van der Waals surface area contributed by atoms with E-state index in [9.17, 15) is 9.18 Å². The average molecular weight is 332 g/mol. The van der Waals surface area contributed by atoms with Crippen molar-refractivity contribution in [3.63, 3.8) is 0 Å². The van der Waals surface area contributed by atoms with E-state index in [0.717, 1.165) is 22.8 Å². The Morgan fingerprint density at radius 1 is 1.38 bits per heavy atom. The lowest BCUT2D eigenvalue weighted by atomic mass is 9.92. The zero-order valence-corrected chi connectivity index (χ0v) is 14.8. The van der Waals surface area contributed by atoms with Crippen molar-refractivity contribution in [2.24, 2.45) is 11.7 Å². The lowest BCUT2D eigenvalue weighted by Gasteiger charge is -2.32. The highest BCUT2D eigenvalue weighted by Crippen LogP contribution is 2.33. The number of hydrogen-bond acceptors (Lipinski definition) is 3. The number of halogens is 1. The molecule has 2 N–H and O–H groups in total. The number of fused-ring (bicyclic) bond motifs is 1. The van der Waals surface area contributed by atoms with Gasteiger partial charge in [-0.2, -0.15) is 0 Å². The van der Waals surface area contributed by atoms with Gasteiger partial charge in [0.15, 0.2) is 0 Å².